The second kappa shape index (κ2) is 6.54. The monoisotopic (exact) mass is 281 g/mol. The fourth-order valence-electron chi connectivity index (χ4n) is 1.62. The first-order chi connectivity index (χ1) is 8.35. The Morgan fingerprint density at radius 2 is 2.06 bits per heavy atom. The van der Waals surface area contributed by atoms with Crippen LogP contribution in [0.2, 0.25) is 0 Å². The standard InChI is InChI=1S/C12H18F3NOS/c1-11(9-17,5-3-6-12(13,14)15)16-8-10-4-2-7-18-10/h2,4,7,16-17H,3,5-6,8-9H2,1H3. The largest absolute Gasteiger partial charge is 0.394 e. The summed E-state index contributed by atoms with van der Waals surface area (Å²) in [5, 5.41) is 14.4. The van der Waals surface area contributed by atoms with Gasteiger partial charge < -0.3 is 10.4 Å². The molecule has 1 atom stereocenters. The fourth-order valence-corrected chi connectivity index (χ4v) is 2.26. The predicted molar refractivity (Wildman–Crippen MR) is 66.6 cm³/mol. The van der Waals surface area contributed by atoms with Gasteiger partial charge in [-0.3, -0.25) is 0 Å². The summed E-state index contributed by atoms with van der Waals surface area (Å²) in [6.45, 7) is 2.15. The minimum Gasteiger partial charge on any atom is -0.394 e. The van der Waals surface area contributed by atoms with Crippen LogP contribution in [0.15, 0.2) is 17.5 Å². The molecule has 104 valence electrons. The molecule has 18 heavy (non-hydrogen) atoms. The maximum atomic E-state index is 12.1. The summed E-state index contributed by atoms with van der Waals surface area (Å²) in [5.41, 5.74) is -0.658. The van der Waals surface area contributed by atoms with Gasteiger partial charge in [-0.1, -0.05) is 6.07 Å². The zero-order chi connectivity index (χ0) is 13.6. The average molecular weight is 281 g/mol. The summed E-state index contributed by atoms with van der Waals surface area (Å²) in [4.78, 5) is 1.10. The van der Waals surface area contributed by atoms with Crippen molar-refractivity contribution >= 4 is 11.3 Å². The van der Waals surface area contributed by atoms with Crippen molar-refractivity contribution in [2.75, 3.05) is 6.61 Å². The van der Waals surface area contributed by atoms with Crippen molar-refractivity contribution in [2.45, 2.75) is 44.4 Å². The molecule has 1 unspecified atom stereocenters. The van der Waals surface area contributed by atoms with Crippen LogP contribution in [0.25, 0.3) is 0 Å². The number of rotatable bonds is 7. The van der Waals surface area contributed by atoms with Gasteiger partial charge >= 0.3 is 6.18 Å². The Bertz CT molecular complexity index is 340. The molecular formula is C12H18F3NOS. The van der Waals surface area contributed by atoms with Gasteiger partial charge in [-0.25, -0.2) is 0 Å². The smallest absolute Gasteiger partial charge is 0.389 e. The Balaban J connectivity index is 2.37. The summed E-state index contributed by atoms with van der Waals surface area (Å²) in [6.07, 6.45) is -4.60. The highest BCUT2D eigenvalue weighted by Crippen LogP contribution is 2.25. The summed E-state index contributed by atoms with van der Waals surface area (Å²) in [5.74, 6) is 0. The van der Waals surface area contributed by atoms with Crippen LogP contribution in [0, 0.1) is 0 Å². The van der Waals surface area contributed by atoms with Crippen molar-refractivity contribution in [1.82, 2.24) is 5.32 Å². The van der Waals surface area contributed by atoms with E-state index in [2.05, 4.69) is 5.32 Å². The molecule has 0 radical (unpaired) electrons. The number of aliphatic hydroxyl groups is 1. The third-order valence-electron chi connectivity index (χ3n) is 2.81. The van der Waals surface area contributed by atoms with Crippen molar-refractivity contribution in [3.63, 3.8) is 0 Å². The zero-order valence-corrected chi connectivity index (χ0v) is 11.1. The quantitative estimate of drug-likeness (QED) is 0.803. The van der Waals surface area contributed by atoms with Crippen molar-refractivity contribution in [1.29, 1.82) is 0 Å². The van der Waals surface area contributed by atoms with E-state index in [1.807, 2.05) is 17.5 Å². The number of alkyl halides is 3. The molecule has 0 fully saturated rings. The Kier molecular flexibility index (Phi) is 5.62. The number of hydrogen-bond acceptors (Lipinski definition) is 3. The van der Waals surface area contributed by atoms with E-state index in [1.165, 1.54) is 0 Å². The number of thiophene rings is 1. The van der Waals surface area contributed by atoms with E-state index in [0.29, 0.717) is 13.0 Å². The third kappa shape index (κ3) is 5.84. The SMILES string of the molecule is CC(CO)(CCCC(F)(F)F)NCc1cccs1. The predicted octanol–water partition coefficient (Wildman–Crippen LogP) is 3.32. The summed E-state index contributed by atoms with van der Waals surface area (Å²) in [6, 6.07) is 3.87. The second-order valence-corrected chi connectivity index (χ2v) is 5.65. The molecule has 1 rings (SSSR count). The fraction of sp³-hybridized carbons (Fsp3) is 0.667. The van der Waals surface area contributed by atoms with Gasteiger partial charge in [0.2, 0.25) is 0 Å². The highest BCUT2D eigenvalue weighted by molar-refractivity contribution is 7.09. The number of hydrogen-bond donors (Lipinski definition) is 2. The molecule has 0 aliphatic heterocycles. The van der Waals surface area contributed by atoms with Gasteiger partial charge in [0.05, 0.1) is 6.61 Å². The maximum absolute atomic E-state index is 12.1. The summed E-state index contributed by atoms with van der Waals surface area (Å²) < 4.78 is 36.2. The Morgan fingerprint density at radius 1 is 1.33 bits per heavy atom. The van der Waals surface area contributed by atoms with Gasteiger partial charge in [-0.15, -0.1) is 11.3 Å². The molecule has 0 bridgehead atoms. The molecule has 1 aromatic heterocycles. The van der Waals surface area contributed by atoms with E-state index in [0.717, 1.165) is 4.88 Å². The van der Waals surface area contributed by atoms with Crippen LogP contribution in [-0.2, 0) is 6.54 Å². The molecular weight excluding hydrogens is 263 g/mol. The maximum Gasteiger partial charge on any atom is 0.389 e. The van der Waals surface area contributed by atoms with Crippen LogP contribution in [-0.4, -0.2) is 23.4 Å². The van der Waals surface area contributed by atoms with E-state index in [1.54, 1.807) is 18.3 Å². The molecule has 0 saturated carbocycles. The molecule has 2 nitrogen and oxygen atoms in total. The van der Waals surface area contributed by atoms with Crippen LogP contribution in [0.5, 0.6) is 0 Å². The molecule has 0 aliphatic rings. The molecule has 0 amide bonds. The lowest BCUT2D eigenvalue weighted by atomic mass is 9.95. The van der Waals surface area contributed by atoms with E-state index < -0.39 is 18.1 Å². The van der Waals surface area contributed by atoms with Crippen LogP contribution in [0.4, 0.5) is 13.2 Å². The van der Waals surface area contributed by atoms with E-state index in [9.17, 15) is 18.3 Å². The van der Waals surface area contributed by atoms with Gasteiger partial charge in [0, 0.05) is 23.4 Å². The lowest BCUT2D eigenvalue weighted by molar-refractivity contribution is -0.136. The molecule has 1 heterocycles. The van der Waals surface area contributed by atoms with Gasteiger partial charge in [-0.2, -0.15) is 13.2 Å². The summed E-state index contributed by atoms with van der Waals surface area (Å²) in [7, 11) is 0. The van der Waals surface area contributed by atoms with Crippen molar-refractivity contribution < 1.29 is 18.3 Å². The van der Waals surface area contributed by atoms with Crippen LogP contribution in [0.1, 0.15) is 31.1 Å². The molecule has 0 aromatic carbocycles. The van der Waals surface area contributed by atoms with Crippen LogP contribution < -0.4 is 5.32 Å². The normalized spacial score (nSPS) is 15.6. The molecule has 2 N–H and O–H groups in total. The zero-order valence-electron chi connectivity index (χ0n) is 10.3. The van der Waals surface area contributed by atoms with Crippen LogP contribution >= 0.6 is 11.3 Å². The lowest BCUT2D eigenvalue weighted by Crippen LogP contribution is -2.45. The second-order valence-electron chi connectivity index (χ2n) is 4.62. The summed E-state index contributed by atoms with van der Waals surface area (Å²) >= 11 is 1.58. The Morgan fingerprint density at radius 3 is 2.56 bits per heavy atom. The van der Waals surface area contributed by atoms with Gasteiger partial charge in [-0.05, 0) is 31.2 Å². The van der Waals surface area contributed by atoms with Crippen LogP contribution in [0.3, 0.4) is 0 Å². The van der Waals surface area contributed by atoms with Crippen molar-refractivity contribution in [3.05, 3.63) is 22.4 Å². The highest BCUT2D eigenvalue weighted by atomic mass is 32.1. The topological polar surface area (TPSA) is 32.3 Å². The Labute approximate surface area is 109 Å². The van der Waals surface area contributed by atoms with Gasteiger partial charge in [0.25, 0.3) is 0 Å². The Hall–Kier alpha value is -0.590. The van der Waals surface area contributed by atoms with Crippen molar-refractivity contribution in [3.8, 4) is 0 Å². The lowest BCUT2D eigenvalue weighted by Gasteiger charge is -2.29. The highest BCUT2D eigenvalue weighted by Gasteiger charge is 2.29. The number of aliphatic hydroxyl groups excluding tert-OH is 1. The van der Waals surface area contributed by atoms with Crippen molar-refractivity contribution in [2.24, 2.45) is 0 Å². The van der Waals surface area contributed by atoms with E-state index >= 15 is 0 Å². The van der Waals surface area contributed by atoms with Gasteiger partial charge in [0.15, 0.2) is 0 Å². The molecule has 1 aromatic rings. The molecule has 6 heteroatoms. The number of nitrogens with one attached hydrogen (secondary N) is 1. The third-order valence-corrected chi connectivity index (χ3v) is 3.68. The minimum atomic E-state index is -4.12. The minimum absolute atomic E-state index is 0.0258. The molecule has 0 saturated heterocycles. The molecule has 0 aliphatic carbocycles. The van der Waals surface area contributed by atoms with Gasteiger partial charge in [0.1, 0.15) is 0 Å². The first-order valence-electron chi connectivity index (χ1n) is 5.80. The first kappa shape index (κ1) is 15.5. The molecule has 0 spiro atoms. The van der Waals surface area contributed by atoms with E-state index in [4.69, 9.17) is 0 Å². The average Bonchev–Trinajstić information content (AvgIpc) is 2.77. The van der Waals surface area contributed by atoms with E-state index in [-0.39, 0.29) is 13.0 Å². The number of halogens is 3. The first-order valence-corrected chi connectivity index (χ1v) is 6.68.